The molecule has 0 radical (unpaired) electrons. The Bertz CT molecular complexity index is 1120. The highest BCUT2D eigenvalue weighted by molar-refractivity contribution is 7.15. The molecule has 1 amide bonds. The van der Waals surface area contributed by atoms with Crippen molar-refractivity contribution in [1.29, 1.82) is 0 Å². The van der Waals surface area contributed by atoms with Crippen molar-refractivity contribution in [1.82, 2.24) is 10.2 Å². The number of carboxylic acid groups (broad SMARTS) is 1. The van der Waals surface area contributed by atoms with Crippen LogP contribution in [-0.2, 0) is 4.79 Å². The number of halogens is 1. The zero-order valence-electron chi connectivity index (χ0n) is 21.5. The van der Waals surface area contributed by atoms with Gasteiger partial charge in [0.15, 0.2) is 5.15 Å². The summed E-state index contributed by atoms with van der Waals surface area (Å²) >= 11 is 6.89. The molecule has 0 unspecified atom stereocenters. The topological polar surface area (TPSA) is 92.6 Å². The molecule has 1 fully saturated rings. The van der Waals surface area contributed by atoms with E-state index in [4.69, 9.17) is 16.3 Å². The number of carbonyl (C=O) groups excluding carboxylic acids is 1. The zero-order valence-corrected chi connectivity index (χ0v) is 23.1. The summed E-state index contributed by atoms with van der Waals surface area (Å²) in [6, 6.07) is 4.68. The van der Waals surface area contributed by atoms with Gasteiger partial charge in [-0.1, -0.05) is 30.4 Å². The first kappa shape index (κ1) is 27.9. The highest BCUT2D eigenvalue weighted by atomic mass is 35.5. The number of ether oxygens (including phenoxy) is 1. The van der Waals surface area contributed by atoms with E-state index in [1.807, 2.05) is 27.7 Å². The lowest BCUT2D eigenvalue weighted by Gasteiger charge is -2.34. The molecule has 1 aliphatic carbocycles. The third-order valence-corrected chi connectivity index (χ3v) is 7.39. The van der Waals surface area contributed by atoms with Crippen LogP contribution in [-0.4, -0.2) is 39.8 Å². The predicted molar refractivity (Wildman–Crippen MR) is 143 cm³/mol. The SMILES string of the molecule is C[C@@H](CCOc1ccc(Cl)nn1)N(c1cc(C#CC(C)(C)C)sc1C(=O)O)C(=O)[C@H]1CC[C@H](C)CC1. The van der Waals surface area contributed by atoms with E-state index in [0.29, 0.717) is 28.8 Å². The molecular weight excluding hydrogens is 498 g/mol. The van der Waals surface area contributed by atoms with Gasteiger partial charge in [0.25, 0.3) is 0 Å². The molecule has 0 bridgehead atoms. The van der Waals surface area contributed by atoms with E-state index in [-0.39, 0.29) is 39.9 Å². The minimum atomic E-state index is -1.06. The average Bonchev–Trinajstić information content (AvgIpc) is 3.23. The first-order chi connectivity index (χ1) is 16.9. The van der Waals surface area contributed by atoms with E-state index in [0.717, 1.165) is 37.0 Å². The Morgan fingerprint density at radius 3 is 2.53 bits per heavy atom. The van der Waals surface area contributed by atoms with Crippen molar-refractivity contribution < 1.29 is 19.4 Å². The van der Waals surface area contributed by atoms with Crippen LogP contribution in [0.4, 0.5) is 5.69 Å². The van der Waals surface area contributed by atoms with Crippen LogP contribution in [0.2, 0.25) is 5.15 Å². The largest absolute Gasteiger partial charge is 0.477 e. The summed E-state index contributed by atoms with van der Waals surface area (Å²) in [5.74, 6) is 5.99. The van der Waals surface area contributed by atoms with Crippen LogP contribution in [0.1, 0.15) is 81.3 Å². The summed E-state index contributed by atoms with van der Waals surface area (Å²) in [7, 11) is 0. The molecular formula is C27H34ClN3O4S. The minimum absolute atomic E-state index is 0.0312. The quantitative estimate of drug-likeness (QED) is 0.401. The van der Waals surface area contributed by atoms with E-state index in [9.17, 15) is 14.7 Å². The molecule has 1 aliphatic rings. The average molecular weight is 532 g/mol. The van der Waals surface area contributed by atoms with Crippen molar-refractivity contribution in [2.75, 3.05) is 11.5 Å². The number of rotatable bonds is 8. The van der Waals surface area contributed by atoms with Gasteiger partial charge in [0.1, 0.15) is 4.88 Å². The van der Waals surface area contributed by atoms with Crippen LogP contribution >= 0.6 is 22.9 Å². The summed E-state index contributed by atoms with van der Waals surface area (Å²) in [6.45, 7) is 10.4. The molecule has 0 spiro atoms. The van der Waals surface area contributed by atoms with Crippen LogP contribution in [0.15, 0.2) is 18.2 Å². The molecule has 2 aromatic heterocycles. The van der Waals surface area contributed by atoms with Crippen molar-refractivity contribution in [3.63, 3.8) is 0 Å². The Morgan fingerprint density at radius 1 is 1.25 bits per heavy atom. The van der Waals surface area contributed by atoms with Gasteiger partial charge in [-0.2, -0.15) is 0 Å². The van der Waals surface area contributed by atoms with Crippen molar-refractivity contribution in [2.24, 2.45) is 17.3 Å². The third kappa shape index (κ3) is 7.68. The molecule has 194 valence electrons. The Morgan fingerprint density at radius 2 is 1.94 bits per heavy atom. The molecule has 1 N–H and O–H groups in total. The molecule has 2 aromatic rings. The summed E-state index contributed by atoms with van der Waals surface area (Å²) in [5, 5.41) is 17.9. The normalized spacial score (nSPS) is 18.6. The number of hydrogen-bond acceptors (Lipinski definition) is 6. The molecule has 1 atom stereocenters. The van der Waals surface area contributed by atoms with Crippen LogP contribution in [0.25, 0.3) is 0 Å². The number of aromatic carboxylic acids is 1. The maximum absolute atomic E-state index is 13.8. The summed E-state index contributed by atoms with van der Waals surface area (Å²) in [6.07, 6.45) is 4.09. The fourth-order valence-corrected chi connectivity index (χ4v) is 5.09. The van der Waals surface area contributed by atoms with Gasteiger partial charge in [-0.05, 0) is 71.4 Å². The smallest absolute Gasteiger partial charge is 0.348 e. The van der Waals surface area contributed by atoms with E-state index in [1.54, 1.807) is 23.1 Å². The van der Waals surface area contributed by atoms with Gasteiger partial charge in [0.2, 0.25) is 11.8 Å². The highest BCUT2D eigenvalue weighted by Gasteiger charge is 2.34. The number of anilines is 1. The van der Waals surface area contributed by atoms with Crippen LogP contribution < -0.4 is 9.64 Å². The molecule has 3 rings (SSSR count). The molecule has 0 aromatic carbocycles. The standard InChI is InChI=1S/C27H34ClN3O4S/c1-17-6-8-19(9-7-17)25(32)31(18(2)13-15-35-23-11-10-22(28)29-30-23)21-16-20(12-14-27(3,4)5)36-24(21)26(33)34/h10-11,16-19H,6-9,13,15H2,1-5H3,(H,33,34)/t17-,18-,19-/m0/s1. The van der Waals surface area contributed by atoms with E-state index < -0.39 is 5.97 Å². The lowest BCUT2D eigenvalue weighted by molar-refractivity contribution is -0.124. The molecule has 0 saturated heterocycles. The van der Waals surface area contributed by atoms with Crippen molar-refractivity contribution in [3.05, 3.63) is 33.1 Å². The monoisotopic (exact) mass is 531 g/mol. The number of carbonyl (C=O) groups is 2. The lowest BCUT2D eigenvalue weighted by atomic mass is 9.82. The first-order valence-corrected chi connectivity index (χ1v) is 13.5. The van der Waals surface area contributed by atoms with Crippen LogP contribution in [0, 0.1) is 29.1 Å². The number of hydrogen-bond donors (Lipinski definition) is 1. The van der Waals surface area contributed by atoms with Crippen LogP contribution in [0.5, 0.6) is 5.88 Å². The van der Waals surface area contributed by atoms with Gasteiger partial charge in [0.05, 0.1) is 17.2 Å². The van der Waals surface area contributed by atoms with Crippen LogP contribution in [0.3, 0.4) is 0 Å². The molecule has 7 nitrogen and oxygen atoms in total. The van der Waals surface area contributed by atoms with Crippen molar-refractivity contribution in [3.8, 4) is 17.7 Å². The Kier molecular flexibility index (Phi) is 9.37. The maximum Gasteiger partial charge on any atom is 0.348 e. The van der Waals surface area contributed by atoms with Gasteiger partial charge >= 0.3 is 5.97 Å². The number of carboxylic acids is 1. The lowest BCUT2D eigenvalue weighted by Crippen LogP contribution is -2.44. The third-order valence-electron chi connectivity index (χ3n) is 6.16. The fourth-order valence-electron chi connectivity index (χ4n) is 4.15. The molecule has 9 heteroatoms. The summed E-state index contributed by atoms with van der Waals surface area (Å²) in [5.41, 5.74) is 0.185. The molecule has 36 heavy (non-hydrogen) atoms. The number of aromatic nitrogens is 2. The molecule has 0 aliphatic heterocycles. The predicted octanol–water partition coefficient (Wildman–Crippen LogP) is 6.30. The zero-order chi connectivity index (χ0) is 26.5. The van der Waals surface area contributed by atoms with E-state index in [1.165, 1.54) is 0 Å². The van der Waals surface area contributed by atoms with Gasteiger partial charge in [-0.3, -0.25) is 4.79 Å². The van der Waals surface area contributed by atoms with Gasteiger partial charge in [-0.15, -0.1) is 21.5 Å². The Hall–Kier alpha value is -2.63. The van der Waals surface area contributed by atoms with E-state index in [2.05, 4.69) is 29.0 Å². The Labute approximate surface area is 222 Å². The van der Waals surface area contributed by atoms with Crippen molar-refractivity contribution >= 4 is 40.5 Å². The number of amides is 1. The summed E-state index contributed by atoms with van der Waals surface area (Å²) in [4.78, 5) is 28.5. The maximum atomic E-state index is 13.8. The first-order valence-electron chi connectivity index (χ1n) is 12.3. The second-order valence-corrected chi connectivity index (χ2v) is 11.9. The minimum Gasteiger partial charge on any atom is -0.477 e. The molecule has 1 saturated carbocycles. The molecule has 2 heterocycles. The number of nitrogens with zero attached hydrogens (tertiary/aromatic N) is 3. The Balaban J connectivity index is 1.89. The van der Waals surface area contributed by atoms with Gasteiger partial charge in [-0.25, -0.2) is 4.79 Å². The number of thiophene rings is 1. The van der Waals surface area contributed by atoms with Crippen molar-refractivity contribution in [2.45, 2.75) is 72.8 Å². The second-order valence-electron chi connectivity index (χ2n) is 10.5. The summed E-state index contributed by atoms with van der Waals surface area (Å²) < 4.78 is 5.71. The van der Waals surface area contributed by atoms with Gasteiger partial charge in [0, 0.05) is 29.9 Å². The second kappa shape index (κ2) is 12.1. The van der Waals surface area contributed by atoms with E-state index >= 15 is 0 Å². The van der Waals surface area contributed by atoms with Gasteiger partial charge < -0.3 is 14.7 Å². The highest BCUT2D eigenvalue weighted by Crippen LogP contribution is 2.36. The fraction of sp³-hybridized carbons (Fsp3) is 0.556.